The van der Waals surface area contributed by atoms with Gasteiger partial charge in [0.05, 0.1) is 13.2 Å². The SMILES string of the molecule is COC(=O)c1nc(C)cc(NC(C)c2nn[nH]n2)n1. The fourth-order valence-electron chi connectivity index (χ4n) is 1.46. The van der Waals surface area contributed by atoms with Crippen molar-refractivity contribution in [3.8, 4) is 0 Å². The highest BCUT2D eigenvalue weighted by molar-refractivity contribution is 5.85. The minimum absolute atomic E-state index is 0.00492. The Morgan fingerprint density at radius 3 is 2.89 bits per heavy atom. The van der Waals surface area contributed by atoms with E-state index < -0.39 is 5.97 Å². The zero-order valence-corrected chi connectivity index (χ0v) is 10.7. The number of anilines is 1. The number of ether oxygens (including phenoxy) is 1. The Morgan fingerprint density at radius 2 is 2.26 bits per heavy atom. The number of carbonyl (C=O) groups is 1. The van der Waals surface area contributed by atoms with Crippen LogP contribution in [0.5, 0.6) is 0 Å². The van der Waals surface area contributed by atoms with Gasteiger partial charge in [-0.1, -0.05) is 5.21 Å². The molecular formula is C10H13N7O2. The van der Waals surface area contributed by atoms with Crippen molar-refractivity contribution >= 4 is 11.8 Å². The molecule has 2 rings (SSSR count). The summed E-state index contributed by atoms with van der Waals surface area (Å²) in [4.78, 5) is 19.5. The van der Waals surface area contributed by atoms with E-state index in [0.29, 0.717) is 17.3 Å². The van der Waals surface area contributed by atoms with Crippen LogP contribution in [-0.4, -0.2) is 43.7 Å². The molecule has 0 bridgehead atoms. The van der Waals surface area contributed by atoms with Crippen LogP contribution >= 0.6 is 0 Å². The van der Waals surface area contributed by atoms with Crippen LogP contribution in [0.4, 0.5) is 5.82 Å². The van der Waals surface area contributed by atoms with Gasteiger partial charge in [-0.3, -0.25) is 0 Å². The minimum atomic E-state index is -0.584. The van der Waals surface area contributed by atoms with E-state index in [2.05, 4.69) is 40.6 Å². The third-order valence-electron chi connectivity index (χ3n) is 2.34. The number of nitrogens with zero attached hydrogens (tertiary/aromatic N) is 5. The van der Waals surface area contributed by atoms with Crippen LogP contribution in [0, 0.1) is 6.92 Å². The number of aromatic amines is 1. The summed E-state index contributed by atoms with van der Waals surface area (Å²) in [5.74, 6) is 0.408. The smallest absolute Gasteiger partial charge is 0.376 e. The predicted octanol–water partition coefficient (Wildman–Crippen LogP) is 0.258. The Bertz CT molecular complexity index is 569. The third kappa shape index (κ3) is 3.00. The van der Waals surface area contributed by atoms with Crippen LogP contribution in [0.3, 0.4) is 0 Å². The van der Waals surface area contributed by atoms with Crippen LogP contribution in [0.25, 0.3) is 0 Å². The molecule has 0 spiro atoms. The first-order valence-corrected chi connectivity index (χ1v) is 5.54. The maximum absolute atomic E-state index is 11.4. The normalized spacial score (nSPS) is 11.9. The van der Waals surface area contributed by atoms with Crippen molar-refractivity contribution in [2.75, 3.05) is 12.4 Å². The van der Waals surface area contributed by atoms with Crippen molar-refractivity contribution in [3.63, 3.8) is 0 Å². The Hall–Kier alpha value is -2.58. The molecule has 0 fully saturated rings. The highest BCUT2D eigenvalue weighted by Crippen LogP contribution is 2.14. The van der Waals surface area contributed by atoms with Gasteiger partial charge in [0.15, 0.2) is 5.82 Å². The summed E-state index contributed by atoms with van der Waals surface area (Å²) in [6.45, 7) is 3.61. The molecule has 2 heterocycles. The molecule has 0 saturated heterocycles. The lowest BCUT2D eigenvalue weighted by Crippen LogP contribution is -2.14. The second kappa shape index (κ2) is 5.38. The van der Waals surface area contributed by atoms with Gasteiger partial charge in [0.2, 0.25) is 5.82 Å². The summed E-state index contributed by atoms with van der Waals surface area (Å²) in [5.41, 5.74) is 0.651. The number of H-pyrrole nitrogens is 1. The van der Waals surface area contributed by atoms with Crippen LogP contribution in [0.2, 0.25) is 0 Å². The van der Waals surface area contributed by atoms with E-state index >= 15 is 0 Å². The Kier molecular flexibility index (Phi) is 3.64. The van der Waals surface area contributed by atoms with E-state index in [9.17, 15) is 4.79 Å². The summed E-state index contributed by atoms with van der Waals surface area (Å²) < 4.78 is 4.59. The molecule has 1 atom stereocenters. The highest BCUT2D eigenvalue weighted by atomic mass is 16.5. The second-order valence-corrected chi connectivity index (χ2v) is 3.85. The standard InChI is InChI=1S/C10H13N7O2/c1-5-4-7(13-9(11-5)10(18)19-3)12-6(2)8-14-16-17-15-8/h4,6H,1-3H3,(H,11,12,13)(H,14,15,16,17). The molecule has 19 heavy (non-hydrogen) atoms. The quantitative estimate of drug-likeness (QED) is 0.754. The van der Waals surface area contributed by atoms with Crippen LogP contribution in [0.1, 0.15) is 35.1 Å². The summed E-state index contributed by atoms with van der Waals surface area (Å²) >= 11 is 0. The van der Waals surface area contributed by atoms with Crippen molar-refractivity contribution in [2.24, 2.45) is 0 Å². The molecule has 9 nitrogen and oxygen atoms in total. The minimum Gasteiger partial charge on any atom is -0.463 e. The molecule has 2 aromatic rings. The molecule has 2 N–H and O–H groups in total. The summed E-state index contributed by atoms with van der Waals surface area (Å²) in [6, 6.07) is 1.50. The average molecular weight is 263 g/mol. The third-order valence-corrected chi connectivity index (χ3v) is 2.34. The van der Waals surface area contributed by atoms with E-state index in [1.165, 1.54) is 7.11 Å². The Labute approximate surface area is 108 Å². The number of nitrogens with one attached hydrogen (secondary N) is 2. The van der Waals surface area contributed by atoms with E-state index in [4.69, 9.17) is 0 Å². The van der Waals surface area contributed by atoms with Crippen LogP contribution in [0.15, 0.2) is 6.07 Å². The van der Waals surface area contributed by atoms with Crippen molar-refractivity contribution < 1.29 is 9.53 Å². The van der Waals surface area contributed by atoms with Gasteiger partial charge in [-0.25, -0.2) is 14.8 Å². The first-order valence-electron chi connectivity index (χ1n) is 5.54. The van der Waals surface area contributed by atoms with E-state index in [1.54, 1.807) is 13.0 Å². The number of tetrazole rings is 1. The number of aryl methyl sites for hydroxylation is 1. The van der Waals surface area contributed by atoms with Crippen molar-refractivity contribution in [1.82, 2.24) is 30.6 Å². The number of aromatic nitrogens is 6. The number of hydrogen-bond acceptors (Lipinski definition) is 8. The number of hydrogen-bond donors (Lipinski definition) is 2. The molecule has 0 aromatic carbocycles. The second-order valence-electron chi connectivity index (χ2n) is 3.85. The summed E-state index contributed by atoms with van der Waals surface area (Å²) in [7, 11) is 1.28. The van der Waals surface area contributed by atoms with E-state index in [0.717, 1.165) is 0 Å². The maximum atomic E-state index is 11.4. The van der Waals surface area contributed by atoms with Gasteiger partial charge >= 0.3 is 5.97 Å². The average Bonchev–Trinajstić information content (AvgIpc) is 2.91. The summed E-state index contributed by atoms with van der Waals surface area (Å²) in [5, 5.41) is 16.6. The van der Waals surface area contributed by atoms with Gasteiger partial charge in [-0.15, -0.1) is 10.2 Å². The number of rotatable bonds is 4. The molecule has 0 aliphatic rings. The van der Waals surface area contributed by atoms with Crippen molar-refractivity contribution in [3.05, 3.63) is 23.4 Å². The van der Waals surface area contributed by atoms with Crippen LogP contribution < -0.4 is 5.32 Å². The molecular weight excluding hydrogens is 250 g/mol. The Balaban J connectivity index is 2.20. The van der Waals surface area contributed by atoms with E-state index in [-0.39, 0.29) is 11.9 Å². The van der Waals surface area contributed by atoms with Gasteiger partial charge in [0.1, 0.15) is 5.82 Å². The first kappa shape index (κ1) is 12.9. The fraction of sp³-hybridized carbons (Fsp3) is 0.400. The zero-order chi connectivity index (χ0) is 13.8. The number of methoxy groups -OCH3 is 1. The number of esters is 1. The van der Waals surface area contributed by atoms with Gasteiger partial charge in [0.25, 0.3) is 0 Å². The number of carbonyl (C=O) groups excluding carboxylic acids is 1. The van der Waals surface area contributed by atoms with Gasteiger partial charge in [-0.2, -0.15) is 5.21 Å². The molecule has 0 aliphatic heterocycles. The predicted molar refractivity (Wildman–Crippen MR) is 64.3 cm³/mol. The lowest BCUT2D eigenvalue weighted by molar-refractivity contribution is 0.0586. The van der Waals surface area contributed by atoms with Crippen molar-refractivity contribution in [1.29, 1.82) is 0 Å². The Morgan fingerprint density at radius 1 is 1.47 bits per heavy atom. The summed E-state index contributed by atoms with van der Waals surface area (Å²) in [6.07, 6.45) is 0. The molecule has 9 heteroatoms. The fourth-order valence-corrected chi connectivity index (χ4v) is 1.46. The van der Waals surface area contributed by atoms with Crippen molar-refractivity contribution in [2.45, 2.75) is 19.9 Å². The molecule has 100 valence electrons. The molecule has 0 saturated carbocycles. The molecule has 0 aliphatic carbocycles. The molecule has 1 unspecified atom stereocenters. The largest absolute Gasteiger partial charge is 0.463 e. The zero-order valence-electron chi connectivity index (χ0n) is 10.7. The highest BCUT2D eigenvalue weighted by Gasteiger charge is 2.14. The van der Waals surface area contributed by atoms with Gasteiger partial charge in [0, 0.05) is 11.8 Å². The van der Waals surface area contributed by atoms with Gasteiger partial charge in [-0.05, 0) is 13.8 Å². The first-order chi connectivity index (χ1) is 9.10. The van der Waals surface area contributed by atoms with E-state index in [1.807, 2.05) is 6.92 Å². The molecule has 0 amide bonds. The lowest BCUT2D eigenvalue weighted by Gasteiger charge is -2.11. The maximum Gasteiger partial charge on any atom is 0.376 e. The molecule has 2 aromatic heterocycles. The topological polar surface area (TPSA) is 119 Å². The van der Waals surface area contributed by atoms with Gasteiger partial charge < -0.3 is 10.1 Å². The lowest BCUT2D eigenvalue weighted by atomic mass is 10.3. The monoisotopic (exact) mass is 263 g/mol. The molecule has 0 radical (unpaired) electrons. The van der Waals surface area contributed by atoms with Crippen LogP contribution in [-0.2, 0) is 4.74 Å².